The van der Waals surface area contributed by atoms with E-state index in [1.807, 2.05) is 0 Å². The molecule has 0 aliphatic carbocycles. The van der Waals surface area contributed by atoms with Crippen LogP contribution >= 0.6 is 0 Å². The molecule has 0 bridgehead atoms. The normalized spacial score (nSPS) is 12.3. The Labute approximate surface area is 120 Å². The first kappa shape index (κ1) is 16.9. The lowest BCUT2D eigenvalue weighted by atomic mass is 10.3. The number of methoxy groups -OCH3 is 1. The van der Waals surface area contributed by atoms with Gasteiger partial charge in [-0.05, 0) is 25.2 Å². The van der Waals surface area contributed by atoms with Crippen molar-refractivity contribution in [1.82, 2.24) is 5.32 Å². The van der Waals surface area contributed by atoms with Gasteiger partial charge in [-0.2, -0.15) is 0 Å². The Hall–Kier alpha value is -1.12. The highest BCUT2D eigenvalue weighted by Crippen LogP contribution is 2.16. The van der Waals surface area contributed by atoms with Crippen molar-refractivity contribution in [1.29, 1.82) is 0 Å². The molecule has 0 aliphatic heterocycles. The molecule has 8 heteroatoms. The smallest absolute Gasteiger partial charge is 0.179 e. The maximum atomic E-state index is 12.0. The molecule has 0 amide bonds. The molecule has 0 aliphatic rings. The van der Waals surface area contributed by atoms with E-state index in [9.17, 15) is 16.8 Å². The largest absolute Gasteiger partial charge is 0.496 e. The van der Waals surface area contributed by atoms with Crippen molar-refractivity contribution in [2.45, 2.75) is 4.90 Å². The molecule has 0 unspecified atom stereocenters. The summed E-state index contributed by atoms with van der Waals surface area (Å²) in [5.74, 6) is -0.471. The fraction of sp³-hybridized carbons (Fsp3) is 0.500. The predicted octanol–water partition coefficient (Wildman–Crippen LogP) is -0.0967. The number of sulfone groups is 2. The first-order valence-electron chi connectivity index (χ1n) is 5.94. The molecule has 6 nitrogen and oxygen atoms in total. The number of benzene rings is 1. The molecular formula is C12H18NO5S2. The third-order valence-electron chi connectivity index (χ3n) is 2.66. The van der Waals surface area contributed by atoms with Gasteiger partial charge in [-0.1, -0.05) is 0 Å². The van der Waals surface area contributed by atoms with Crippen LogP contribution in [0.2, 0.25) is 0 Å². The molecule has 0 heterocycles. The number of hydrogen-bond donors (Lipinski definition) is 1. The van der Waals surface area contributed by atoms with Crippen molar-refractivity contribution >= 4 is 19.7 Å². The Morgan fingerprint density at radius 2 is 1.85 bits per heavy atom. The Morgan fingerprint density at radius 1 is 1.15 bits per heavy atom. The number of nitrogens with one attached hydrogen (secondary N) is 1. The summed E-state index contributed by atoms with van der Waals surface area (Å²) in [4.78, 5) is 0.0436. The summed E-state index contributed by atoms with van der Waals surface area (Å²) in [6.07, 6.45) is 0. The van der Waals surface area contributed by atoms with Crippen molar-refractivity contribution in [2.24, 2.45) is 0 Å². The minimum Gasteiger partial charge on any atom is -0.496 e. The van der Waals surface area contributed by atoms with Crippen molar-refractivity contribution in [3.05, 3.63) is 24.3 Å². The van der Waals surface area contributed by atoms with Gasteiger partial charge in [-0.3, -0.25) is 0 Å². The van der Waals surface area contributed by atoms with Crippen LogP contribution in [0.3, 0.4) is 0 Å². The van der Waals surface area contributed by atoms with E-state index in [1.54, 1.807) is 7.05 Å². The topological polar surface area (TPSA) is 89.5 Å². The third-order valence-corrected chi connectivity index (χ3v) is 6.29. The zero-order valence-electron chi connectivity index (χ0n) is 11.4. The average Bonchev–Trinajstić information content (AvgIpc) is 2.43. The Morgan fingerprint density at radius 3 is 2.35 bits per heavy atom. The standard InChI is InChI=1S/C12H18NO5S2/c1-13-7-8-19(14,15)9-10-20(16,17)12-5-3-11(18-2)4-6-12/h3,5-6,13H,7-10H2,1-2H3. The molecule has 0 aromatic heterocycles. The fourth-order valence-corrected chi connectivity index (χ4v) is 4.79. The van der Waals surface area contributed by atoms with Gasteiger partial charge in [0.05, 0.1) is 29.3 Å². The molecule has 0 spiro atoms. The molecule has 1 aromatic rings. The second kappa shape index (κ2) is 7.05. The highest BCUT2D eigenvalue weighted by Gasteiger charge is 2.19. The van der Waals surface area contributed by atoms with Crippen molar-refractivity contribution < 1.29 is 21.6 Å². The summed E-state index contributed by atoms with van der Waals surface area (Å²) in [6.45, 7) is 0.304. The predicted molar refractivity (Wildman–Crippen MR) is 76.5 cm³/mol. The fourth-order valence-electron chi connectivity index (χ4n) is 1.43. The van der Waals surface area contributed by atoms with Crippen LogP contribution in [0.4, 0.5) is 0 Å². The molecule has 113 valence electrons. The Kier molecular flexibility index (Phi) is 5.97. The maximum absolute atomic E-state index is 12.0. The van der Waals surface area contributed by atoms with Gasteiger partial charge in [0, 0.05) is 12.6 Å². The van der Waals surface area contributed by atoms with E-state index in [2.05, 4.69) is 11.4 Å². The molecule has 0 atom stereocenters. The SMILES string of the molecule is CNCCS(=O)(=O)CCS(=O)(=O)c1c[c]c(OC)cc1. The molecule has 0 saturated heterocycles. The zero-order chi connectivity index (χ0) is 15.2. The summed E-state index contributed by atoms with van der Waals surface area (Å²) < 4.78 is 52.2. The van der Waals surface area contributed by atoms with Crippen LogP contribution in [0.15, 0.2) is 23.1 Å². The van der Waals surface area contributed by atoms with Crippen LogP contribution in [0.25, 0.3) is 0 Å². The molecule has 1 N–H and O–H groups in total. The summed E-state index contributed by atoms with van der Waals surface area (Å²) in [7, 11) is -3.91. The number of rotatable bonds is 8. The van der Waals surface area contributed by atoms with Crippen LogP contribution in [0, 0.1) is 6.07 Å². The van der Waals surface area contributed by atoms with Gasteiger partial charge in [0.2, 0.25) is 0 Å². The lowest BCUT2D eigenvalue weighted by molar-refractivity contribution is 0.413. The van der Waals surface area contributed by atoms with Gasteiger partial charge in [0.15, 0.2) is 19.7 Å². The maximum Gasteiger partial charge on any atom is 0.179 e. The highest BCUT2D eigenvalue weighted by molar-refractivity contribution is 7.95. The molecule has 0 fully saturated rings. The lowest BCUT2D eigenvalue weighted by Gasteiger charge is -2.06. The first-order chi connectivity index (χ1) is 9.30. The highest BCUT2D eigenvalue weighted by atomic mass is 32.2. The zero-order valence-corrected chi connectivity index (χ0v) is 13.1. The van der Waals surface area contributed by atoms with Gasteiger partial charge < -0.3 is 10.1 Å². The summed E-state index contributed by atoms with van der Waals surface area (Å²) >= 11 is 0. The molecule has 1 aromatic carbocycles. The minimum atomic E-state index is -3.63. The van der Waals surface area contributed by atoms with E-state index < -0.39 is 25.4 Å². The van der Waals surface area contributed by atoms with Crippen LogP contribution in [0.1, 0.15) is 0 Å². The van der Waals surface area contributed by atoms with Gasteiger partial charge in [0.1, 0.15) is 5.75 Å². The van der Waals surface area contributed by atoms with Crippen LogP contribution in [-0.2, 0) is 19.7 Å². The molecule has 1 rings (SSSR count). The quantitative estimate of drug-likeness (QED) is 0.720. The average molecular weight is 320 g/mol. The molecule has 0 saturated carbocycles. The number of ether oxygens (including phenoxy) is 1. The van der Waals surface area contributed by atoms with E-state index in [4.69, 9.17) is 4.74 Å². The third kappa shape index (κ3) is 5.10. The molecular weight excluding hydrogens is 302 g/mol. The second-order valence-electron chi connectivity index (χ2n) is 4.17. The van der Waals surface area contributed by atoms with E-state index in [-0.39, 0.29) is 16.4 Å². The molecule has 20 heavy (non-hydrogen) atoms. The second-order valence-corrected chi connectivity index (χ2v) is 8.58. The van der Waals surface area contributed by atoms with Gasteiger partial charge >= 0.3 is 0 Å². The molecule has 1 radical (unpaired) electrons. The van der Waals surface area contributed by atoms with Crippen molar-refractivity contribution in [2.75, 3.05) is 38.0 Å². The Balaban J connectivity index is 2.74. The summed E-state index contributed by atoms with van der Waals surface area (Å²) in [6, 6.07) is 6.80. The summed E-state index contributed by atoms with van der Waals surface area (Å²) in [5.41, 5.74) is 0. The van der Waals surface area contributed by atoms with Crippen LogP contribution < -0.4 is 10.1 Å². The Bertz CT molecular complexity index is 620. The monoisotopic (exact) mass is 320 g/mol. The minimum absolute atomic E-state index is 0.0436. The van der Waals surface area contributed by atoms with E-state index in [1.165, 1.54) is 25.3 Å². The van der Waals surface area contributed by atoms with Crippen LogP contribution in [0.5, 0.6) is 5.75 Å². The summed E-state index contributed by atoms with van der Waals surface area (Å²) in [5, 5.41) is 2.72. The van der Waals surface area contributed by atoms with E-state index in [0.717, 1.165) is 0 Å². The lowest BCUT2D eigenvalue weighted by Crippen LogP contribution is -2.25. The number of hydrogen-bond acceptors (Lipinski definition) is 6. The van der Waals surface area contributed by atoms with Crippen molar-refractivity contribution in [3.63, 3.8) is 0 Å². The first-order valence-corrected chi connectivity index (χ1v) is 9.41. The van der Waals surface area contributed by atoms with Gasteiger partial charge in [-0.25, -0.2) is 16.8 Å². The van der Waals surface area contributed by atoms with Gasteiger partial charge in [-0.15, -0.1) is 0 Å². The van der Waals surface area contributed by atoms with E-state index >= 15 is 0 Å². The van der Waals surface area contributed by atoms with Crippen LogP contribution in [-0.4, -0.2) is 54.8 Å². The van der Waals surface area contributed by atoms with E-state index in [0.29, 0.717) is 12.3 Å². The van der Waals surface area contributed by atoms with Gasteiger partial charge in [0.25, 0.3) is 0 Å². The van der Waals surface area contributed by atoms with Crippen molar-refractivity contribution in [3.8, 4) is 5.75 Å².